The summed E-state index contributed by atoms with van der Waals surface area (Å²) in [5.41, 5.74) is 7.62. The van der Waals surface area contributed by atoms with Gasteiger partial charge >= 0.3 is 8.53 Å². The number of aromatic nitrogens is 3. The third-order valence-electron chi connectivity index (χ3n) is 5.06. The van der Waals surface area contributed by atoms with Gasteiger partial charge in [-0.2, -0.15) is 5.10 Å². The molecule has 194 valence electrons. The predicted molar refractivity (Wildman–Crippen MR) is 137 cm³/mol. The van der Waals surface area contributed by atoms with Crippen LogP contribution in [0.3, 0.4) is 0 Å². The first-order chi connectivity index (χ1) is 17.5. The Balaban J connectivity index is 0.000000694. The van der Waals surface area contributed by atoms with Crippen molar-refractivity contribution in [3.8, 4) is 12.3 Å². The lowest BCUT2D eigenvalue weighted by molar-refractivity contribution is -0.108. The van der Waals surface area contributed by atoms with E-state index in [1.165, 1.54) is 6.33 Å². The van der Waals surface area contributed by atoms with Crippen LogP contribution in [0.15, 0.2) is 48.8 Å². The predicted octanol–water partition coefficient (Wildman–Crippen LogP) is 3.82. The lowest BCUT2D eigenvalue weighted by Crippen LogP contribution is -2.26. The molecule has 2 aromatic heterocycles. The fourth-order valence-electron chi connectivity index (χ4n) is 3.28. The molecular formula is C24H33N6O5P. The fraction of sp³-hybridized carbons (Fsp3) is 0.417. The van der Waals surface area contributed by atoms with Gasteiger partial charge in [-0.1, -0.05) is 18.2 Å². The van der Waals surface area contributed by atoms with E-state index >= 15 is 0 Å². The zero-order valence-electron chi connectivity index (χ0n) is 20.7. The zero-order valence-corrected chi connectivity index (χ0v) is 21.6. The van der Waals surface area contributed by atoms with Crippen LogP contribution in [0.1, 0.15) is 38.5 Å². The maximum atomic E-state index is 11.0. The summed E-state index contributed by atoms with van der Waals surface area (Å²) in [7, 11) is 0.187. The molecule has 1 aliphatic heterocycles. The lowest BCUT2D eigenvalue weighted by atomic mass is 10.1. The minimum absolute atomic E-state index is 0.0857. The van der Waals surface area contributed by atoms with Gasteiger partial charge < -0.3 is 29.0 Å². The van der Waals surface area contributed by atoms with Gasteiger partial charge in [0.15, 0.2) is 5.82 Å². The fourth-order valence-corrected chi connectivity index (χ4v) is 4.47. The highest BCUT2D eigenvalue weighted by Gasteiger charge is 2.30. The van der Waals surface area contributed by atoms with E-state index in [1.807, 2.05) is 49.4 Å². The normalized spacial score (nSPS) is 18.2. The van der Waals surface area contributed by atoms with Gasteiger partial charge in [0, 0.05) is 20.3 Å². The molecular weight excluding hydrogens is 483 g/mol. The number of nitrogen functional groups attached to an aromatic ring is 1. The number of fused-ring (bicyclic) bond motifs is 1. The molecule has 0 saturated carbocycles. The number of para-hydroxylation sites is 1. The van der Waals surface area contributed by atoms with E-state index in [4.69, 9.17) is 24.8 Å². The number of nitrogens with zero attached hydrogens (tertiary/aromatic N) is 4. The zero-order chi connectivity index (χ0) is 26.3. The van der Waals surface area contributed by atoms with Gasteiger partial charge in [0.2, 0.25) is 0 Å². The van der Waals surface area contributed by atoms with E-state index < -0.39 is 8.53 Å². The van der Waals surface area contributed by atoms with E-state index in [9.17, 15) is 4.79 Å². The standard InChI is InChI=1S/C20H24N5O4P.C3H8O.CHN/c1-14(11-26)24-30(29-15-5-3-2-4-6-15)27-12-16-7-10-19(28-16)17-8-9-18-20(21)22-13-23-25(17)18;1-3-4-2;1-2/h2-6,8-9,11,13-14,16,19,24H,7,10,12H2,1H3,(H2,21,22,23);3H2,1-2H3;1H. The number of methoxy groups -OCH3 is 1. The van der Waals surface area contributed by atoms with Crippen molar-refractivity contribution in [2.45, 2.75) is 44.9 Å². The number of nitriles is 1. The van der Waals surface area contributed by atoms with Crippen molar-refractivity contribution in [1.82, 2.24) is 19.7 Å². The summed E-state index contributed by atoms with van der Waals surface area (Å²) in [6.07, 6.45) is 3.77. The van der Waals surface area contributed by atoms with Gasteiger partial charge in [0.25, 0.3) is 0 Å². The van der Waals surface area contributed by atoms with Crippen molar-refractivity contribution in [3.63, 3.8) is 0 Å². The number of hydrogen-bond acceptors (Lipinski definition) is 10. The van der Waals surface area contributed by atoms with Crippen LogP contribution < -0.4 is 15.3 Å². The van der Waals surface area contributed by atoms with Gasteiger partial charge in [0.1, 0.15) is 30.0 Å². The first kappa shape index (κ1) is 29.1. The number of carbonyl (C=O) groups excluding carboxylic acids is 1. The third-order valence-corrected chi connectivity index (χ3v) is 6.44. The number of carbonyl (C=O) groups is 1. The minimum atomic E-state index is -1.49. The number of benzene rings is 1. The summed E-state index contributed by atoms with van der Waals surface area (Å²) in [6, 6.07) is 12.9. The van der Waals surface area contributed by atoms with Crippen molar-refractivity contribution in [2.75, 3.05) is 26.1 Å². The molecule has 0 bridgehead atoms. The molecule has 0 spiro atoms. The Hall–Kier alpha value is -3.13. The van der Waals surface area contributed by atoms with Gasteiger partial charge in [-0.05, 0) is 51.0 Å². The second-order valence-corrected chi connectivity index (χ2v) is 8.83. The molecule has 3 heterocycles. The van der Waals surface area contributed by atoms with Crippen molar-refractivity contribution in [3.05, 3.63) is 54.5 Å². The molecule has 0 amide bonds. The highest BCUT2D eigenvalue weighted by molar-refractivity contribution is 7.45. The number of rotatable bonds is 10. The smallest absolute Gasteiger partial charge is 0.318 e. The molecule has 3 aromatic rings. The molecule has 11 nitrogen and oxygen atoms in total. The van der Waals surface area contributed by atoms with Gasteiger partial charge in [-0.25, -0.2) is 19.8 Å². The lowest BCUT2D eigenvalue weighted by Gasteiger charge is -2.22. The molecule has 36 heavy (non-hydrogen) atoms. The van der Waals surface area contributed by atoms with Crippen molar-refractivity contribution < 1.29 is 23.3 Å². The first-order valence-electron chi connectivity index (χ1n) is 11.4. The van der Waals surface area contributed by atoms with E-state index in [1.54, 1.807) is 18.5 Å². The van der Waals surface area contributed by atoms with Crippen LogP contribution in [0.2, 0.25) is 0 Å². The van der Waals surface area contributed by atoms with Crippen molar-refractivity contribution in [1.29, 1.82) is 5.26 Å². The highest BCUT2D eigenvalue weighted by Crippen LogP contribution is 2.39. The third kappa shape index (κ3) is 8.52. The number of hydrogen-bond donors (Lipinski definition) is 2. The quantitative estimate of drug-likeness (QED) is 0.301. The van der Waals surface area contributed by atoms with Crippen LogP contribution >= 0.6 is 8.53 Å². The molecule has 4 rings (SSSR count). The largest absolute Gasteiger partial charge is 0.436 e. The summed E-state index contributed by atoms with van der Waals surface area (Å²) in [5.74, 6) is 1.12. The second-order valence-electron chi connectivity index (χ2n) is 7.61. The monoisotopic (exact) mass is 516 g/mol. The van der Waals surface area contributed by atoms with E-state index in [0.717, 1.165) is 36.9 Å². The van der Waals surface area contributed by atoms with Crippen molar-refractivity contribution in [2.24, 2.45) is 0 Å². The van der Waals surface area contributed by atoms with Crippen LogP contribution in [0.4, 0.5) is 5.82 Å². The Kier molecular flexibility index (Phi) is 12.8. The highest BCUT2D eigenvalue weighted by atomic mass is 31.2. The number of aldehydes is 1. The Bertz CT molecular complexity index is 1060. The maximum absolute atomic E-state index is 11.0. The Morgan fingerprint density at radius 3 is 2.69 bits per heavy atom. The van der Waals surface area contributed by atoms with Crippen LogP contribution in [0.5, 0.6) is 5.75 Å². The summed E-state index contributed by atoms with van der Waals surface area (Å²) in [4.78, 5) is 15.1. The topological polar surface area (TPSA) is 146 Å². The molecule has 12 heteroatoms. The molecule has 0 radical (unpaired) electrons. The molecule has 1 fully saturated rings. The van der Waals surface area contributed by atoms with E-state index in [0.29, 0.717) is 18.2 Å². The number of ether oxygens (including phenoxy) is 2. The maximum Gasteiger partial charge on any atom is 0.318 e. The van der Waals surface area contributed by atoms with Crippen LogP contribution in [-0.4, -0.2) is 53.4 Å². The Labute approximate surface area is 212 Å². The molecule has 1 aromatic carbocycles. The van der Waals surface area contributed by atoms with E-state index in [-0.39, 0.29) is 18.2 Å². The first-order valence-corrected chi connectivity index (χ1v) is 12.6. The Morgan fingerprint density at radius 2 is 2.03 bits per heavy atom. The number of nitrogens with one attached hydrogen (secondary N) is 1. The Morgan fingerprint density at radius 1 is 1.31 bits per heavy atom. The van der Waals surface area contributed by atoms with Crippen LogP contribution in [0, 0.1) is 11.8 Å². The number of anilines is 1. The SMILES string of the molecule is C#N.CC(C=O)NP(OCC1CCC(c2ccc3c(N)ncnn23)O1)Oc1ccccc1.CCOC. The second kappa shape index (κ2) is 15.8. The van der Waals surface area contributed by atoms with Crippen molar-refractivity contribution >= 4 is 26.1 Å². The molecule has 3 N–H and O–H groups in total. The summed E-state index contributed by atoms with van der Waals surface area (Å²) in [5, 5.41) is 13.9. The summed E-state index contributed by atoms with van der Waals surface area (Å²) in [6.45, 7) is 8.39. The van der Waals surface area contributed by atoms with Crippen LogP contribution in [0.25, 0.3) is 5.52 Å². The van der Waals surface area contributed by atoms with E-state index in [2.05, 4.69) is 26.5 Å². The van der Waals surface area contributed by atoms with Crippen LogP contribution in [-0.2, 0) is 18.8 Å². The van der Waals surface area contributed by atoms with Gasteiger partial charge in [-0.15, -0.1) is 0 Å². The average molecular weight is 517 g/mol. The molecule has 1 aliphatic rings. The molecule has 4 atom stereocenters. The van der Waals surface area contributed by atoms with Gasteiger partial charge in [-0.3, -0.25) is 0 Å². The number of nitrogens with two attached hydrogens (primary N) is 1. The summed E-state index contributed by atoms with van der Waals surface area (Å²) < 4.78 is 24.4. The molecule has 1 saturated heterocycles. The minimum Gasteiger partial charge on any atom is -0.436 e. The molecule has 4 unspecified atom stereocenters. The summed E-state index contributed by atoms with van der Waals surface area (Å²) >= 11 is 0. The average Bonchev–Trinajstić information content (AvgIpc) is 3.57. The van der Waals surface area contributed by atoms with Gasteiger partial charge in [0.05, 0.1) is 24.4 Å². The molecule has 0 aliphatic carbocycles.